The van der Waals surface area contributed by atoms with Gasteiger partial charge in [0.2, 0.25) is 11.8 Å². The molecule has 8 nitrogen and oxygen atoms in total. The lowest BCUT2D eigenvalue weighted by Gasteiger charge is -2.29. The van der Waals surface area contributed by atoms with Gasteiger partial charge in [0.15, 0.2) is 5.82 Å². The Bertz CT molecular complexity index is 1260. The van der Waals surface area contributed by atoms with Gasteiger partial charge in [-0.2, -0.15) is 0 Å². The molecule has 1 atom stereocenters. The van der Waals surface area contributed by atoms with Crippen LogP contribution in [-0.4, -0.2) is 43.7 Å². The van der Waals surface area contributed by atoms with Gasteiger partial charge in [-0.25, -0.2) is 13.5 Å². The summed E-state index contributed by atoms with van der Waals surface area (Å²) in [6, 6.07) is 7.52. The lowest BCUT2D eigenvalue weighted by molar-refractivity contribution is -0.136. The predicted octanol–water partition coefficient (Wildman–Crippen LogP) is 1.97. The maximum atomic E-state index is 14.1. The fourth-order valence-electron chi connectivity index (χ4n) is 4.00. The molecule has 3 aromatic rings. The lowest BCUT2D eigenvalue weighted by atomic mass is 10.0. The number of imide groups is 1. The van der Waals surface area contributed by atoms with E-state index in [0.29, 0.717) is 22.4 Å². The summed E-state index contributed by atoms with van der Waals surface area (Å²) in [6.07, 6.45) is 1.92. The molecule has 0 bridgehead atoms. The molecule has 1 aromatic heterocycles. The smallest absolute Gasteiger partial charge is 0.255 e. The molecule has 1 unspecified atom stereocenters. The van der Waals surface area contributed by atoms with Gasteiger partial charge in [0, 0.05) is 30.2 Å². The van der Waals surface area contributed by atoms with Crippen molar-refractivity contribution in [3.63, 3.8) is 0 Å². The van der Waals surface area contributed by atoms with Crippen molar-refractivity contribution < 1.29 is 23.2 Å². The van der Waals surface area contributed by atoms with Crippen molar-refractivity contribution in [2.45, 2.75) is 25.4 Å². The molecule has 2 aliphatic rings. The molecule has 0 aliphatic carbocycles. The van der Waals surface area contributed by atoms with Gasteiger partial charge in [-0.05, 0) is 30.2 Å². The quantitative estimate of drug-likeness (QED) is 0.650. The van der Waals surface area contributed by atoms with Crippen LogP contribution in [0.1, 0.15) is 28.8 Å². The molecule has 0 radical (unpaired) electrons. The first-order valence-electron chi connectivity index (χ1n) is 9.57. The Labute approximate surface area is 174 Å². The summed E-state index contributed by atoms with van der Waals surface area (Å²) < 4.78 is 28.5. The Morgan fingerprint density at radius 1 is 1.06 bits per heavy atom. The highest BCUT2D eigenvalue weighted by molar-refractivity contribution is 6.06. The van der Waals surface area contributed by atoms with Crippen LogP contribution in [0.15, 0.2) is 42.6 Å². The average Bonchev–Trinajstić information content (AvgIpc) is 3.33. The first-order chi connectivity index (χ1) is 14.9. The van der Waals surface area contributed by atoms with E-state index in [1.165, 1.54) is 21.8 Å². The molecule has 2 aromatic carbocycles. The molecule has 1 saturated heterocycles. The van der Waals surface area contributed by atoms with Gasteiger partial charge in [0.1, 0.15) is 23.2 Å². The van der Waals surface area contributed by atoms with Crippen LogP contribution >= 0.6 is 0 Å². The molecule has 1 fully saturated rings. The van der Waals surface area contributed by atoms with E-state index in [9.17, 15) is 23.2 Å². The molecule has 5 rings (SSSR count). The highest BCUT2D eigenvalue weighted by Crippen LogP contribution is 2.34. The summed E-state index contributed by atoms with van der Waals surface area (Å²) in [6.45, 7) is 0.175. The van der Waals surface area contributed by atoms with Gasteiger partial charge in [-0.1, -0.05) is 17.3 Å². The molecule has 10 heteroatoms. The minimum Gasteiger partial charge on any atom is -0.322 e. The number of carbonyl (C=O) groups excluding carboxylic acids is 3. The lowest BCUT2D eigenvalue weighted by Crippen LogP contribution is -2.52. The molecule has 3 amide bonds. The molecular weight excluding hydrogens is 408 g/mol. The van der Waals surface area contributed by atoms with Crippen LogP contribution in [0.4, 0.5) is 8.78 Å². The van der Waals surface area contributed by atoms with Gasteiger partial charge in [0.25, 0.3) is 5.91 Å². The summed E-state index contributed by atoms with van der Waals surface area (Å²) in [5.74, 6) is -2.63. The zero-order valence-corrected chi connectivity index (χ0v) is 16.0. The van der Waals surface area contributed by atoms with E-state index in [0.717, 1.165) is 12.1 Å². The number of hydrogen-bond acceptors (Lipinski definition) is 5. The average molecular weight is 423 g/mol. The van der Waals surface area contributed by atoms with E-state index < -0.39 is 23.6 Å². The zero-order chi connectivity index (χ0) is 21.7. The molecule has 1 N–H and O–H groups in total. The number of rotatable bonds is 3. The van der Waals surface area contributed by atoms with E-state index in [2.05, 4.69) is 15.6 Å². The molecule has 0 saturated carbocycles. The number of nitrogens with zero attached hydrogens (tertiary/aromatic N) is 4. The number of hydrogen-bond donors (Lipinski definition) is 1. The van der Waals surface area contributed by atoms with Crippen LogP contribution < -0.4 is 5.32 Å². The number of piperidine rings is 1. The first-order valence-corrected chi connectivity index (χ1v) is 9.57. The second-order valence-corrected chi connectivity index (χ2v) is 7.38. The summed E-state index contributed by atoms with van der Waals surface area (Å²) in [5.41, 5.74) is 2.16. The van der Waals surface area contributed by atoms with Crippen molar-refractivity contribution in [3.05, 3.63) is 65.4 Å². The van der Waals surface area contributed by atoms with Crippen molar-refractivity contribution in [3.8, 4) is 16.9 Å². The van der Waals surface area contributed by atoms with Crippen LogP contribution in [0.25, 0.3) is 16.9 Å². The largest absolute Gasteiger partial charge is 0.322 e. The highest BCUT2D eigenvalue weighted by Gasteiger charge is 2.40. The van der Waals surface area contributed by atoms with Crippen LogP contribution in [0.5, 0.6) is 0 Å². The van der Waals surface area contributed by atoms with Crippen LogP contribution in [0.3, 0.4) is 0 Å². The molecule has 2 aliphatic heterocycles. The van der Waals surface area contributed by atoms with Gasteiger partial charge < -0.3 is 4.90 Å². The molecule has 31 heavy (non-hydrogen) atoms. The Kier molecular flexibility index (Phi) is 4.35. The maximum absolute atomic E-state index is 14.1. The topological polar surface area (TPSA) is 97.2 Å². The van der Waals surface area contributed by atoms with Gasteiger partial charge in [0.05, 0.1) is 6.20 Å². The van der Waals surface area contributed by atoms with Gasteiger partial charge >= 0.3 is 0 Å². The minimum atomic E-state index is -0.783. The third-order valence-corrected chi connectivity index (χ3v) is 5.51. The van der Waals surface area contributed by atoms with Crippen LogP contribution in [0.2, 0.25) is 0 Å². The number of amides is 3. The van der Waals surface area contributed by atoms with E-state index >= 15 is 0 Å². The maximum Gasteiger partial charge on any atom is 0.255 e. The number of aromatic nitrogens is 3. The fourth-order valence-corrected chi connectivity index (χ4v) is 4.00. The second-order valence-electron chi connectivity index (χ2n) is 7.38. The number of carbonyl (C=O) groups is 3. The van der Waals surface area contributed by atoms with Crippen molar-refractivity contribution >= 4 is 17.7 Å². The summed E-state index contributed by atoms with van der Waals surface area (Å²) in [7, 11) is 0. The SMILES string of the molecule is O=C1CCC(N2Cc3c(cccc3-c3cn(-c4ccc(F)cc4F)nn3)C2=O)C(=O)N1. The number of fused-ring (bicyclic) bond motifs is 1. The number of halogens is 2. The van der Waals surface area contributed by atoms with Crippen molar-refractivity contribution in [1.29, 1.82) is 0 Å². The summed E-state index contributed by atoms with van der Waals surface area (Å²) in [4.78, 5) is 38.1. The standard InChI is InChI=1S/C21H15F2N5O3/c22-11-4-5-17(15(23)8-11)28-10-16(25-26-28)12-2-1-3-13-14(12)9-27(21(13)31)18-6-7-19(29)24-20(18)30/h1-5,8,10,18H,6-7,9H2,(H,24,29,30). The fraction of sp³-hybridized carbons (Fsp3) is 0.190. The van der Waals surface area contributed by atoms with Gasteiger partial charge in [-0.15, -0.1) is 5.10 Å². The Morgan fingerprint density at radius 2 is 1.87 bits per heavy atom. The van der Waals surface area contributed by atoms with Crippen molar-refractivity contribution in [2.24, 2.45) is 0 Å². The molecule has 0 spiro atoms. The van der Waals surface area contributed by atoms with E-state index in [4.69, 9.17) is 0 Å². The van der Waals surface area contributed by atoms with Crippen LogP contribution in [-0.2, 0) is 16.1 Å². The summed E-state index contributed by atoms with van der Waals surface area (Å²) in [5, 5.41) is 10.3. The highest BCUT2D eigenvalue weighted by atomic mass is 19.1. The third kappa shape index (κ3) is 3.16. The van der Waals surface area contributed by atoms with Gasteiger partial charge in [-0.3, -0.25) is 19.7 Å². The number of benzene rings is 2. The molecule has 3 heterocycles. The minimum absolute atomic E-state index is 0.0361. The predicted molar refractivity (Wildman–Crippen MR) is 103 cm³/mol. The zero-order valence-electron chi connectivity index (χ0n) is 16.0. The third-order valence-electron chi connectivity index (χ3n) is 5.51. The first kappa shape index (κ1) is 19.0. The Hall–Kier alpha value is -3.95. The molecule has 156 valence electrons. The molecular formula is C21H15F2N5O3. The Balaban J connectivity index is 1.48. The normalized spacial score (nSPS) is 18.3. The van der Waals surface area contributed by atoms with Crippen molar-refractivity contribution in [1.82, 2.24) is 25.2 Å². The van der Waals surface area contributed by atoms with E-state index in [1.54, 1.807) is 18.2 Å². The van der Waals surface area contributed by atoms with E-state index in [-0.39, 0.29) is 36.9 Å². The van der Waals surface area contributed by atoms with E-state index in [1.807, 2.05) is 0 Å². The Morgan fingerprint density at radius 3 is 2.65 bits per heavy atom. The monoisotopic (exact) mass is 423 g/mol. The van der Waals surface area contributed by atoms with Crippen molar-refractivity contribution in [2.75, 3.05) is 0 Å². The number of nitrogens with one attached hydrogen (secondary N) is 1. The summed E-state index contributed by atoms with van der Waals surface area (Å²) >= 11 is 0. The second kappa shape index (κ2) is 7.08. The van der Waals surface area contributed by atoms with Crippen LogP contribution in [0, 0.1) is 11.6 Å².